The van der Waals surface area contributed by atoms with Gasteiger partial charge >= 0.3 is 5.97 Å². The summed E-state index contributed by atoms with van der Waals surface area (Å²) in [4.78, 5) is 22.6. The molecule has 1 heterocycles. The maximum Gasteiger partial charge on any atom is 0.342 e. The molecule has 0 N–H and O–H groups in total. The van der Waals surface area contributed by atoms with Crippen LogP contribution in [0.25, 0.3) is 16.9 Å². The zero-order valence-electron chi connectivity index (χ0n) is 13.5. The van der Waals surface area contributed by atoms with E-state index >= 15 is 0 Å². The lowest BCUT2D eigenvalue weighted by atomic mass is 10.1. The average molecular weight is 337 g/mol. The van der Waals surface area contributed by atoms with Crippen molar-refractivity contribution < 1.29 is 14.5 Å². The van der Waals surface area contributed by atoms with Gasteiger partial charge in [-0.05, 0) is 31.2 Å². The van der Waals surface area contributed by atoms with Crippen LogP contribution in [0, 0.1) is 10.1 Å². The number of nitro benzene ring substituents is 1. The maximum atomic E-state index is 12.3. The van der Waals surface area contributed by atoms with Gasteiger partial charge in [0.05, 0.1) is 17.2 Å². The second kappa shape index (κ2) is 6.96. The quantitative estimate of drug-likeness (QED) is 0.403. The minimum absolute atomic E-state index is 0.0241. The van der Waals surface area contributed by atoms with Crippen LogP contribution in [0.4, 0.5) is 5.69 Å². The number of nitro groups is 1. The number of rotatable bonds is 5. The van der Waals surface area contributed by atoms with Gasteiger partial charge in [-0.2, -0.15) is 5.10 Å². The number of carbonyl (C=O) groups excluding carboxylic acids is 1. The Hall–Kier alpha value is -3.48. The number of hydrogen-bond donors (Lipinski definition) is 0. The number of hydrogen-bond acceptors (Lipinski definition) is 5. The standard InChI is InChI=1S/C18H15N3O4/c1-2-25-18(22)16-12-20(14-6-4-3-5-7-14)19-17(16)13-8-10-15(11-9-13)21(23)24/h3-12H,2H2,1H3. The number of nitrogens with zero attached hydrogens (tertiary/aromatic N) is 3. The van der Waals surface area contributed by atoms with Crippen LogP contribution in [0.1, 0.15) is 17.3 Å². The monoisotopic (exact) mass is 337 g/mol. The van der Waals surface area contributed by atoms with Crippen LogP contribution in [-0.4, -0.2) is 27.3 Å². The molecule has 0 unspecified atom stereocenters. The van der Waals surface area contributed by atoms with Crippen molar-refractivity contribution in [3.05, 3.63) is 76.5 Å². The van der Waals surface area contributed by atoms with Crippen LogP contribution in [0.3, 0.4) is 0 Å². The maximum absolute atomic E-state index is 12.3. The molecule has 7 nitrogen and oxygen atoms in total. The molecule has 2 aromatic carbocycles. The highest BCUT2D eigenvalue weighted by atomic mass is 16.6. The summed E-state index contributed by atoms with van der Waals surface area (Å²) < 4.78 is 6.69. The van der Waals surface area contributed by atoms with Gasteiger partial charge in [0.2, 0.25) is 0 Å². The van der Waals surface area contributed by atoms with Gasteiger partial charge < -0.3 is 4.74 Å². The Kier molecular flexibility index (Phi) is 4.56. The molecule has 0 saturated heterocycles. The molecule has 1 aromatic heterocycles. The Morgan fingerprint density at radius 1 is 1.16 bits per heavy atom. The highest BCUT2D eigenvalue weighted by Crippen LogP contribution is 2.26. The Bertz CT molecular complexity index is 902. The molecule has 0 fully saturated rings. The summed E-state index contributed by atoms with van der Waals surface area (Å²) in [6.07, 6.45) is 1.60. The summed E-state index contributed by atoms with van der Waals surface area (Å²) in [6, 6.07) is 15.2. The summed E-state index contributed by atoms with van der Waals surface area (Å²) >= 11 is 0. The fourth-order valence-corrected chi connectivity index (χ4v) is 2.40. The van der Waals surface area contributed by atoms with Crippen molar-refractivity contribution in [1.29, 1.82) is 0 Å². The first-order valence-electron chi connectivity index (χ1n) is 7.67. The number of ether oxygens (including phenoxy) is 1. The molecule has 3 aromatic rings. The van der Waals surface area contributed by atoms with Crippen molar-refractivity contribution in [3.8, 4) is 16.9 Å². The number of carbonyl (C=O) groups is 1. The average Bonchev–Trinajstić information content (AvgIpc) is 3.08. The number of para-hydroxylation sites is 1. The fourth-order valence-electron chi connectivity index (χ4n) is 2.40. The second-order valence-electron chi connectivity index (χ2n) is 5.20. The summed E-state index contributed by atoms with van der Waals surface area (Å²) in [6.45, 7) is 1.97. The van der Waals surface area contributed by atoms with Crippen LogP contribution < -0.4 is 0 Å². The molecule has 0 spiro atoms. The van der Waals surface area contributed by atoms with Crippen LogP contribution in [0.2, 0.25) is 0 Å². The van der Waals surface area contributed by atoms with Gasteiger partial charge in [0, 0.05) is 23.9 Å². The fraction of sp³-hybridized carbons (Fsp3) is 0.111. The predicted octanol–water partition coefficient (Wildman–Crippen LogP) is 3.62. The van der Waals surface area contributed by atoms with Crippen LogP contribution in [0.15, 0.2) is 60.8 Å². The van der Waals surface area contributed by atoms with Gasteiger partial charge in [0.15, 0.2) is 0 Å². The normalized spacial score (nSPS) is 10.4. The van der Waals surface area contributed by atoms with Crippen molar-refractivity contribution in [2.75, 3.05) is 6.61 Å². The number of benzene rings is 2. The molecular formula is C18H15N3O4. The molecule has 3 rings (SSSR count). The van der Waals surface area contributed by atoms with E-state index < -0.39 is 10.9 Å². The molecule has 0 aliphatic heterocycles. The molecule has 0 radical (unpaired) electrons. The van der Waals surface area contributed by atoms with E-state index in [0.29, 0.717) is 16.8 Å². The van der Waals surface area contributed by atoms with E-state index in [0.717, 1.165) is 5.69 Å². The van der Waals surface area contributed by atoms with Gasteiger partial charge in [-0.25, -0.2) is 9.48 Å². The van der Waals surface area contributed by atoms with E-state index in [4.69, 9.17) is 4.74 Å². The summed E-state index contributed by atoms with van der Waals surface area (Å²) in [7, 11) is 0. The zero-order chi connectivity index (χ0) is 17.8. The SMILES string of the molecule is CCOC(=O)c1cn(-c2ccccc2)nc1-c1ccc([N+](=O)[O-])cc1. The van der Waals surface area contributed by atoms with Gasteiger partial charge in [-0.15, -0.1) is 0 Å². The van der Waals surface area contributed by atoms with Crippen molar-refractivity contribution in [3.63, 3.8) is 0 Å². The van der Waals surface area contributed by atoms with Crippen LogP contribution in [-0.2, 0) is 4.74 Å². The Morgan fingerprint density at radius 2 is 1.84 bits per heavy atom. The molecule has 7 heteroatoms. The Morgan fingerprint density at radius 3 is 2.44 bits per heavy atom. The molecule has 25 heavy (non-hydrogen) atoms. The first-order valence-corrected chi connectivity index (χ1v) is 7.67. The topological polar surface area (TPSA) is 87.3 Å². The largest absolute Gasteiger partial charge is 0.462 e. The summed E-state index contributed by atoms with van der Waals surface area (Å²) in [5, 5.41) is 15.3. The predicted molar refractivity (Wildman–Crippen MR) is 91.6 cm³/mol. The molecule has 0 bridgehead atoms. The van der Waals surface area contributed by atoms with E-state index in [1.165, 1.54) is 12.1 Å². The molecule has 0 aliphatic rings. The Balaban J connectivity index is 2.08. The van der Waals surface area contributed by atoms with Gasteiger partial charge in [0.25, 0.3) is 5.69 Å². The summed E-state index contributed by atoms with van der Waals surface area (Å²) in [5.74, 6) is -0.488. The van der Waals surface area contributed by atoms with E-state index in [1.807, 2.05) is 30.3 Å². The third-order valence-corrected chi connectivity index (χ3v) is 3.58. The first kappa shape index (κ1) is 16.4. The van der Waals surface area contributed by atoms with Gasteiger partial charge in [-0.1, -0.05) is 18.2 Å². The van der Waals surface area contributed by atoms with Gasteiger partial charge in [-0.3, -0.25) is 10.1 Å². The van der Waals surface area contributed by atoms with Crippen LogP contribution in [0.5, 0.6) is 0 Å². The number of esters is 1. The minimum atomic E-state index is -0.488. The molecule has 0 amide bonds. The van der Waals surface area contributed by atoms with Crippen molar-refractivity contribution in [2.45, 2.75) is 6.92 Å². The highest BCUT2D eigenvalue weighted by Gasteiger charge is 2.20. The lowest BCUT2D eigenvalue weighted by Crippen LogP contribution is -2.05. The minimum Gasteiger partial charge on any atom is -0.462 e. The van der Waals surface area contributed by atoms with Crippen LogP contribution >= 0.6 is 0 Å². The first-order chi connectivity index (χ1) is 12.1. The lowest BCUT2D eigenvalue weighted by molar-refractivity contribution is -0.384. The van der Waals surface area contributed by atoms with E-state index in [2.05, 4.69) is 5.10 Å². The lowest BCUT2D eigenvalue weighted by Gasteiger charge is -2.02. The van der Waals surface area contributed by atoms with E-state index in [1.54, 1.807) is 29.9 Å². The van der Waals surface area contributed by atoms with Crippen molar-refractivity contribution >= 4 is 11.7 Å². The number of aromatic nitrogens is 2. The highest BCUT2D eigenvalue weighted by molar-refractivity contribution is 5.96. The molecule has 0 aliphatic carbocycles. The number of non-ortho nitro benzene ring substituents is 1. The van der Waals surface area contributed by atoms with E-state index in [-0.39, 0.29) is 12.3 Å². The van der Waals surface area contributed by atoms with Crippen molar-refractivity contribution in [1.82, 2.24) is 9.78 Å². The summed E-state index contributed by atoms with van der Waals surface area (Å²) in [5.41, 5.74) is 2.09. The molecular weight excluding hydrogens is 322 g/mol. The molecule has 0 saturated carbocycles. The van der Waals surface area contributed by atoms with Gasteiger partial charge in [0.1, 0.15) is 11.3 Å². The second-order valence-corrected chi connectivity index (χ2v) is 5.20. The van der Waals surface area contributed by atoms with Crippen molar-refractivity contribution in [2.24, 2.45) is 0 Å². The zero-order valence-corrected chi connectivity index (χ0v) is 13.5. The molecule has 126 valence electrons. The third-order valence-electron chi connectivity index (χ3n) is 3.58. The Labute approximate surface area is 143 Å². The van der Waals surface area contributed by atoms with E-state index in [9.17, 15) is 14.9 Å². The molecule has 0 atom stereocenters. The third kappa shape index (κ3) is 3.40. The smallest absolute Gasteiger partial charge is 0.342 e.